The molecule has 0 radical (unpaired) electrons. The Kier molecular flexibility index (Phi) is 3.05. The summed E-state index contributed by atoms with van der Waals surface area (Å²) in [6, 6.07) is 4.21. The van der Waals surface area contributed by atoms with Crippen molar-refractivity contribution in [3.8, 4) is 6.07 Å². The third-order valence-electron chi connectivity index (χ3n) is 2.32. The first-order valence-corrected chi connectivity index (χ1v) is 4.94. The van der Waals surface area contributed by atoms with Gasteiger partial charge in [-0.25, -0.2) is 0 Å². The van der Waals surface area contributed by atoms with Gasteiger partial charge in [-0.15, -0.1) is 0 Å². The molecule has 68 valence electrons. The van der Waals surface area contributed by atoms with Crippen molar-refractivity contribution in [2.75, 3.05) is 0 Å². The molecule has 1 heterocycles. The first-order chi connectivity index (χ1) is 6.14. The third-order valence-corrected chi connectivity index (χ3v) is 2.95. The zero-order valence-electron chi connectivity index (χ0n) is 7.71. The largest absolute Gasteiger partial charge is 0.264 e. The second-order valence-corrected chi connectivity index (χ2v) is 4.01. The monoisotopic (exact) mass is 238 g/mol. The number of halogens is 1. The lowest BCUT2D eigenvalue weighted by molar-refractivity contribution is 0.583. The maximum absolute atomic E-state index is 9.07. The molecule has 0 aliphatic rings. The minimum absolute atomic E-state index is 0.415. The zero-order chi connectivity index (χ0) is 9.90. The second kappa shape index (κ2) is 3.89. The van der Waals surface area contributed by atoms with Crippen molar-refractivity contribution in [2.24, 2.45) is 0 Å². The van der Waals surface area contributed by atoms with E-state index < -0.39 is 5.41 Å². The molecule has 1 rings (SSSR count). The van der Waals surface area contributed by atoms with E-state index in [9.17, 15) is 0 Å². The maximum Gasteiger partial charge on any atom is 0.0803 e. The summed E-state index contributed by atoms with van der Waals surface area (Å²) in [6.45, 7) is 3.95. The Bertz CT molecular complexity index is 343. The van der Waals surface area contributed by atoms with Crippen LogP contribution < -0.4 is 0 Å². The van der Waals surface area contributed by atoms with Crippen molar-refractivity contribution in [1.29, 1.82) is 5.26 Å². The maximum atomic E-state index is 9.07. The molecule has 0 amide bonds. The Morgan fingerprint density at radius 2 is 2.38 bits per heavy atom. The normalized spacial score (nSPS) is 14.6. The van der Waals surface area contributed by atoms with E-state index in [0.29, 0.717) is 0 Å². The highest BCUT2D eigenvalue weighted by Crippen LogP contribution is 2.31. The summed E-state index contributed by atoms with van der Waals surface area (Å²) in [5.74, 6) is 0. The number of nitrogens with zero attached hydrogens (tertiary/aromatic N) is 2. The molecule has 0 aromatic carbocycles. The molecule has 1 atom stereocenters. The van der Waals surface area contributed by atoms with Gasteiger partial charge in [0.15, 0.2) is 0 Å². The van der Waals surface area contributed by atoms with Gasteiger partial charge >= 0.3 is 0 Å². The fourth-order valence-corrected chi connectivity index (χ4v) is 1.84. The number of hydrogen-bond acceptors (Lipinski definition) is 2. The molecule has 0 spiro atoms. The molecule has 0 aliphatic carbocycles. The third kappa shape index (κ3) is 1.89. The van der Waals surface area contributed by atoms with Crippen LogP contribution in [0.5, 0.6) is 0 Å². The van der Waals surface area contributed by atoms with Crippen LogP contribution in [0.3, 0.4) is 0 Å². The van der Waals surface area contributed by atoms with Gasteiger partial charge in [0, 0.05) is 16.9 Å². The lowest BCUT2D eigenvalue weighted by atomic mass is 9.82. The van der Waals surface area contributed by atoms with Crippen LogP contribution in [0.1, 0.15) is 25.8 Å². The van der Waals surface area contributed by atoms with E-state index in [-0.39, 0.29) is 0 Å². The van der Waals surface area contributed by atoms with E-state index in [1.807, 2.05) is 19.9 Å². The lowest BCUT2D eigenvalue weighted by Gasteiger charge is -2.20. The summed E-state index contributed by atoms with van der Waals surface area (Å²) in [5, 5.41) is 9.07. The summed E-state index contributed by atoms with van der Waals surface area (Å²) >= 11 is 3.40. The number of nitriles is 1. The Morgan fingerprint density at radius 1 is 1.69 bits per heavy atom. The smallest absolute Gasteiger partial charge is 0.0803 e. The number of rotatable bonds is 2. The highest BCUT2D eigenvalue weighted by atomic mass is 79.9. The minimum Gasteiger partial charge on any atom is -0.264 e. The molecular formula is C10H11BrN2. The molecule has 0 N–H and O–H groups in total. The van der Waals surface area contributed by atoms with Crippen LogP contribution in [-0.4, -0.2) is 4.98 Å². The van der Waals surface area contributed by atoms with Gasteiger partial charge in [-0.2, -0.15) is 5.26 Å². The van der Waals surface area contributed by atoms with Crippen LogP contribution in [-0.2, 0) is 5.41 Å². The van der Waals surface area contributed by atoms with Gasteiger partial charge in [-0.3, -0.25) is 4.98 Å². The van der Waals surface area contributed by atoms with Gasteiger partial charge in [-0.05, 0) is 40.9 Å². The van der Waals surface area contributed by atoms with Gasteiger partial charge in [0.25, 0.3) is 0 Å². The fraction of sp³-hybridized carbons (Fsp3) is 0.400. The topological polar surface area (TPSA) is 36.7 Å². The van der Waals surface area contributed by atoms with Crippen LogP contribution in [0, 0.1) is 11.3 Å². The Balaban J connectivity index is 3.22. The first-order valence-electron chi connectivity index (χ1n) is 4.15. The van der Waals surface area contributed by atoms with Crippen molar-refractivity contribution in [3.63, 3.8) is 0 Å². The molecule has 1 unspecified atom stereocenters. The molecule has 3 heteroatoms. The standard InChI is InChI=1S/C10H11BrN2/c1-3-10(2,7-12)8-4-5-13-6-9(8)11/h4-6H,3H2,1-2H3. The van der Waals surface area contributed by atoms with Crippen LogP contribution in [0.4, 0.5) is 0 Å². The van der Waals surface area contributed by atoms with Gasteiger partial charge in [0.05, 0.1) is 11.5 Å². The van der Waals surface area contributed by atoms with Crippen LogP contribution in [0.15, 0.2) is 22.9 Å². The molecule has 0 saturated carbocycles. The van der Waals surface area contributed by atoms with E-state index in [4.69, 9.17) is 5.26 Å². The molecule has 0 saturated heterocycles. The Morgan fingerprint density at radius 3 is 2.85 bits per heavy atom. The van der Waals surface area contributed by atoms with Gasteiger partial charge in [0.2, 0.25) is 0 Å². The number of hydrogen-bond donors (Lipinski definition) is 0. The molecule has 0 bridgehead atoms. The highest BCUT2D eigenvalue weighted by Gasteiger charge is 2.26. The molecule has 2 nitrogen and oxygen atoms in total. The van der Waals surface area contributed by atoms with Crippen molar-refractivity contribution >= 4 is 15.9 Å². The van der Waals surface area contributed by atoms with Gasteiger partial charge in [0.1, 0.15) is 0 Å². The fourth-order valence-electron chi connectivity index (χ4n) is 1.15. The quantitative estimate of drug-likeness (QED) is 0.795. The summed E-state index contributed by atoms with van der Waals surface area (Å²) in [4.78, 5) is 3.97. The van der Waals surface area contributed by atoms with E-state index >= 15 is 0 Å². The Hall–Kier alpha value is -0.880. The molecular weight excluding hydrogens is 228 g/mol. The zero-order valence-corrected chi connectivity index (χ0v) is 9.30. The van der Waals surface area contributed by atoms with Crippen molar-refractivity contribution in [2.45, 2.75) is 25.7 Å². The molecule has 0 fully saturated rings. The average Bonchev–Trinajstić information content (AvgIpc) is 2.17. The van der Waals surface area contributed by atoms with Crippen LogP contribution in [0.2, 0.25) is 0 Å². The second-order valence-electron chi connectivity index (χ2n) is 3.15. The summed E-state index contributed by atoms with van der Waals surface area (Å²) in [7, 11) is 0. The van der Waals surface area contributed by atoms with E-state index in [0.717, 1.165) is 16.5 Å². The van der Waals surface area contributed by atoms with E-state index in [1.165, 1.54) is 0 Å². The molecule has 13 heavy (non-hydrogen) atoms. The first kappa shape index (κ1) is 10.2. The SMILES string of the molecule is CCC(C)(C#N)c1ccncc1Br. The van der Waals surface area contributed by atoms with E-state index in [1.54, 1.807) is 12.4 Å². The van der Waals surface area contributed by atoms with Gasteiger partial charge in [-0.1, -0.05) is 6.92 Å². The minimum atomic E-state index is -0.415. The highest BCUT2D eigenvalue weighted by molar-refractivity contribution is 9.10. The number of pyridine rings is 1. The van der Waals surface area contributed by atoms with Crippen LogP contribution in [0.25, 0.3) is 0 Å². The summed E-state index contributed by atoms with van der Waals surface area (Å²) in [6.07, 6.45) is 4.23. The molecule has 0 aliphatic heterocycles. The van der Waals surface area contributed by atoms with Gasteiger partial charge < -0.3 is 0 Å². The van der Waals surface area contributed by atoms with E-state index in [2.05, 4.69) is 27.0 Å². The number of aromatic nitrogens is 1. The van der Waals surface area contributed by atoms with Crippen molar-refractivity contribution < 1.29 is 0 Å². The van der Waals surface area contributed by atoms with Crippen molar-refractivity contribution in [1.82, 2.24) is 4.98 Å². The summed E-state index contributed by atoms with van der Waals surface area (Å²) < 4.78 is 0.904. The predicted octanol–water partition coefficient (Wildman–Crippen LogP) is 3.04. The predicted molar refractivity (Wildman–Crippen MR) is 55.2 cm³/mol. The molecule has 1 aromatic heterocycles. The van der Waals surface area contributed by atoms with Crippen LogP contribution >= 0.6 is 15.9 Å². The Labute approximate surface area is 86.7 Å². The molecule has 1 aromatic rings. The van der Waals surface area contributed by atoms with Crippen molar-refractivity contribution in [3.05, 3.63) is 28.5 Å². The summed E-state index contributed by atoms with van der Waals surface area (Å²) in [5.41, 5.74) is 0.592. The average molecular weight is 239 g/mol. The lowest BCUT2D eigenvalue weighted by Crippen LogP contribution is -2.18.